The Morgan fingerprint density at radius 3 is 2.57 bits per heavy atom. The highest BCUT2D eigenvalue weighted by Gasteiger charge is 2.18. The molecule has 0 saturated heterocycles. The second-order valence-electron chi connectivity index (χ2n) is 8.05. The summed E-state index contributed by atoms with van der Waals surface area (Å²) in [6.45, 7) is 0.174. The Morgan fingerprint density at radius 2 is 1.80 bits per heavy atom. The van der Waals surface area contributed by atoms with E-state index in [4.69, 9.17) is 4.74 Å². The number of imidazole rings is 1. The first-order valence-corrected chi connectivity index (χ1v) is 10.9. The monoisotopic (exact) mass is 469 g/mol. The fraction of sp³-hybridized carbons (Fsp3) is 0.160. The molecular formula is C25H23N7O3. The number of hydrazone groups is 1. The van der Waals surface area contributed by atoms with Crippen LogP contribution in [0.25, 0.3) is 22.1 Å². The van der Waals surface area contributed by atoms with Crippen LogP contribution < -0.4 is 21.4 Å². The van der Waals surface area contributed by atoms with E-state index in [1.54, 1.807) is 32.0 Å². The van der Waals surface area contributed by atoms with Crippen LogP contribution in [0, 0.1) is 0 Å². The molecule has 0 unspecified atom stereocenters. The van der Waals surface area contributed by atoms with Crippen LogP contribution >= 0.6 is 0 Å². The van der Waals surface area contributed by atoms with Gasteiger partial charge in [-0.2, -0.15) is 10.1 Å². The van der Waals surface area contributed by atoms with Crippen LogP contribution in [-0.2, 0) is 20.6 Å². The van der Waals surface area contributed by atoms with Gasteiger partial charge in [0.2, 0.25) is 5.95 Å². The largest absolute Gasteiger partial charge is 0.497 e. The van der Waals surface area contributed by atoms with Gasteiger partial charge >= 0.3 is 5.69 Å². The molecule has 0 amide bonds. The minimum Gasteiger partial charge on any atom is -0.497 e. The molecule has 1 N–H and O–H groups in total. The van der Waals surface area contributed by atoms with Crippen LogP contribution in [0.1, 0.15) is 11.3 Å². The Kier molecular flexibility index (Phi) is 5.61. The van der Waals surface area contributed by atoms with E-state index in [-0.39, 0.29) is 12.2 Å². The van der Waals surface area contributed by atoms with Gasteiger partial charge in [-0.3, -0.25) is 13.9 Å². The average Bonchev–Trinajstić information content (AvgIpc) is 3.21. The fourth-order valence-electron chi connectivity index (χ4n) is 3.92. The van der Waals surface area contributed by atoms with Gasteiger partial charge in [-0.1, -0.05) is 36.4 Å². The maximum Gasteiger partial charge on any atom is 0.332 e. The lowest BCUT2D eigenvalue weighted by atomic mass is 10.2. The summed E-state index contributed by atoms with van der Waals surface area (Å²) in [5.74, 6) is 1.09. The molecule has 0 fully saturated rings. The van der Waals surface area contributed by atoms with E-state index in [0.29, 0.717) is 17.2 Å². The maximum atomic E-state index is 13.2. The Bertz CT molecular complexity index is 1700. The number of fused-ring (bicyclic) bond motifs is 2. The van der Waals surface area contributed by atoms with Gasteiger partial charge in [0, 0.05) is 19.5 Å². The number of rotatable bonds is 6. The third-order valence-corrected chi connectivity index (χ3v) is 5.82. The number of nitrogens with zero attached hydrogens (tertiary/aromatic N) is 6. The van der Waals surface area contributed by atoms with Crippen molar-refractivity contribution in [1.82, 2.24) is 23.7 Å². The second-order valence-corrected chi connectivity index (χ2v) is 8.05. The highest BCUT2D eigenvalue weighted by Crippen LogP contribution is 2.19. The molecule has 0 aliphatic heterocycles. The zero-order chi connectivity index (χ0) is 24.5. The molecule has 5 aromatic rings. The van der Waals surface area contributed by atoms with Gasteiger partial charge in [-0.25, -0.2) is 15.2 Å². The van der Waals surface area contributed by atoms with Crippen molar-refractivity contribution in [2.45, 2.75) is 6.54 Å². The predicted molar refractivity (Wildman–Crippen MR) is 135 cm³/mol. The molecule has 0 spiro atoms. The van der Waals surface area contributed by atoms with Gasteiger partial charge in [0.1, 0.15) is 5.75 Å². The first-order chi connectivity index (χ1) is 17.0. The van der Waals surface area contributed by atoms with Gasteiger partial charge in [-0.05, 0) is 29.8 Å². The smallest absolute Gasteiger partial charge is 0.332 e. The van der Waals surface area contributed by atoms with Crippen molar-refractivity contribution in [2.24, 2.45) is 19.2 Å². The van der Waals surface area contributed by atoms with E-state index in [0.717, 1.165) is 22.2 Å². The molecular weight excluding hydrogens is 446 g/mol. The first-order valence-electron chi connectivity index (χ1n) is 10.9. The van der Waals surface area contributed by atoms with Gasteiger partial charge < -0.3 is 9.30 Å². The number of benzene rings is 2. The highest BCUT2D eigenvalue weighted by atomic mass is 16.5. The molecule has 10 nitrogen and oxygen atoms in total. The Hall–Kier alpha value is -4.73. The van der Waals surface area contributed by atoms with Gasteiger partial charge in [0.15, 0.2) is 11.2 Å². The van der Waals surface area contributed by atoms with Crippen LogP contribution in [-0.4, -0.2) is 37.0 Å². The standard InChI is InChI=1S/C25H23N7O3/c1-30-21-22(31(2)25(34)32(23(21)33)15-16-7-5-4-6-8-16)28-24(30)29-26-14-18-10-9-17-13-19(35-3)11-12-20(17)27-18/h4-14H,15H2,1-3H3,(H,28,29)/b26-14-. The number of aryl methyl sites for hydroxylation is 2. The van der Waals surface area contributed by atoms with E-state index < -0.39 is 11.2 Å². The van der Waals surface area contributed by atoms with Crippen LogP contribution in [0.2, 0.25) is 0 Å². The summed E-state index contributed by atoms with van der Waals surface area (Å²) in [5.41, 5.74) is 4.91. The molecule has 176 valence electrons. The number of nitrogens with one attached hydrogen (secondary N) is 1. The summed E-state index contributed by atoms with van der Waals surface area (Å²) in [7, 11) is 4.92. The zero-order valence-electron chi connectivity index (χ0n) is 19.5. The Balaban J connectivity index is 1.46. The third kappa shape index (κ3) is 4.05. The van der Waals surface area contributed by atoms with Crippen molar-refractivity contribution in [2.75, 3.05) is 12.5 Å². The van der Waals surface area contributed by atoms with Crippen molar-refractivity contribution < 1.29 is 4.74 Å². The summed E-state index contributed by atoms with van der Waals surface area (Å²) < 4.78 is 9.42. The van der Waals surface area contributed by atoms with Crippen LogP contribution in [0.5, 0.6) is 5.75 Å². The van der Waals surface area contributed by atoms with Crippen LogP contribution in [0.4, 0.5) is 5.95 Å². The molecule has 0 bridgehead atoms. The number of hydrogen-bond acceptors (Lipinski definition) is 7. The average molecular weight is 470 g/mol. The van der Waals surface area contributed by atoms with E-state index in [1.165, 1.54) is 9.13 Å². The van der Waals surface area contributed by atoms with E-state index in [9.17, 15) is 9.59 Å². The van der Waals surface area contributed by atoms with Gasteiger partial charge in [0.05, 0.1) is 31.1 Å². The fourth-order valence-corrected chi connectivity index (χ4v) is 3.92. The van der Waals surface area contributed by atoms with E-state index >= 15 is 0 Å². The molecule has 0 aliphatic carbocycles. The number of anilines is 1. The molecule has 3 aromatic heterocycles. The molecule has 0 aliphatic rings. The molecule has 0 saturated carbocycles. The number of aromatic nitrogens is 5. The molecule has 0 radical (unpaired) electrons. The van der Waals surface area contributed by atoms with Gasteiger partial charge in [-0.15, -0.1) is 0 Å². The normalized spacial score (nSPS) is 11.5. The third-order valence-electron chi connectivity index (χ3n) is 5.82. The van der Waals surface area contributed by atoms with Crippen molar-refractivity contribution in [1.29, 1.82) is 0 Å². The van der Waals surface area contributed by atoms with Gasteiger partial charge in [0.25, 0.3) is 5.56 Å². The van der Waals surface area contributed by atoms with Crippen molar-refractivity contribution in [3.63, 3.8) is 0 Å². The van der Waals surface area contributed by atoms with Crippen molar-refractivity contribution in [3.8, 4) is 5.75 Å². The van der Waals surface area contributed by atoms with E-state index in [2.05, 4.69) is 20.5 Å². The summed E-state index contributed by atoms with van der Waals surface area (Å²) in [4.78, 5) is 35.1. The topological polar surface area (TPSA) is 108 Å². The maximum absolute atomic E-state index is 13.2. The Labute approximate surface area is 199 Å². The summed E-state index contributed by atoms with van der Waals surface area (Å²) in [5, 5.41) is 5.19. The van der Waals surface area contributed by atoms with Crippen LogP contribution in [0.15, 0.2) is 75.4 Å². The quantitative estimate of drug-likeness (QED) is 0.302. The molecule has 3 heterocycles. The molecule has 5 rings (SSSR count). The molecule has 10 heteroatoms. The second kappa shape index (κ2) is 8.90. The Morgan fingerprint density at radius 1 is 1.00 bits per heavy atom. The lowest BCUT2D eigenvalue weighted by molar-refractivity contribution is 0.415. The minimum absolute atomic E-state index is 0.174. The first kappa shape index (κ1) is 22.1. The lowest BCUT2D eigenvalue weighted by Gasteiger charge is -2.08. The number of ether oxygens (including phenoxy) is 1. The molecule has 0 atom stereocenters. The summed E-state index contributed by atoms with van der Waals surface area (Å²) in [6, 6.07) is 18.8. The lowest BCUT2D eigenvalue weighted by Crippen LogP contribution is -2.39. The number of hydrogen-bond donors (Lipinski definition) is 1. The highest BCUT2D eigenvalue weighted by molar-refractivity contribution is 5.86. The zero-order valence-corrected chi connectivity index (χ0v) is 19.5. The molecule has 2 aromatic carbocycles. The summed E-state index contributed by atoms with van der Waals surface area (Å²) in [6.07, 6.45) is 1.57. The SMILES string of the molecule is COc1ccc2nc(/C=N\Nc3nc4c(c(=O)n(Cc5ccccc5)c(=O)n4C)n3C)ccc2c1. The van der Waals surface area contributed by atoms with E-state index in [1.807, 2.05) is 60.7 Å². The molecule has 35 heavy (non-hydrogen) atoms. The van der Waals surface area contributed by atoms with Crippen LogP contribution in [0.3, 0.4) is 0 Å². The number of methoxy groups -OCH3 is 1. The predicted octanol–water partition coefficient (Wildman–Crippen LogP) is 2.48. The summed E-state index contributed by atoms with van der Waals surface area (Å²) >= 11 is 0. The van der Waals surface area contributed by atoms with Crippen molar-refractivity contribution >= 4 is 34.2 Å². The number of pyridine rings is 1. The van der Waals surface area contributed by atoms with Crippen molar-refractivity contribution in [3.05, 3.63) is 92.8 Å². The minimum atomic E-state index is -0.434.